The molecular weight excluding hydrogens is 537 g/mol. The number of nitrogens with zero attached hydrogens (tertiary/aromatic N) is 3. The van der Waals surface area contributed by atoms with Crippen molar-refractivity contribution in [1.29, 1.82) is 0 Å². The van der Waals surface area contributed by atoms with Crippen molar-refractivity contribution in [2.45, 2.75) is 72.8 Å². The van der Waals surface area contributed by atoms with Crippen LogP contribution in [-0.2, 0) is 17.6 Å². The predicted molar refractivity (Wildman–Crippen MR) is 163 cm³/mol. The quantitative estimate of drug-likeness (QED) is 0.306. The van der Waals surface area contributed by atoms with Crippen molar-refractivity contribution in [3.63, 3.8) is 0 Å². The summed E-state index contributed by atoms with van der Waals surface area (Å²) in [5.41, 5.74) is 4.48. The van der Waals surface area contributed by atoms with Crippen molar-refractivity contribution in [2.24, 2.45) is 5.41 Å². The minimum Gasteiger partial charge on any atom is -0.494 e. The van der Waals surface area contributed by atoms with E-state index < -0.39 is 17.4 Å². The van der Waals surface area contributed by atoms with Crippen molar-refractivity contribution >= 4 is 11.7 Å². The highest BCUT2D eigenvalue weighted by Gasteiger charge is 2.29. The molecule has 1 aromatic carbocycles. The van der Waals surface area contributed by atoms with Gasteiger partial charge in [0.25, 0.3) is 0 Å². The predicted octanol–water partition coefficient (Wildman–Crippen LogP) is 6.25. The molecule has 0 amide bonds. The van der Waals surface area contributed by atoms with Crippen LogP contribution in [0.4, 0.5) is 10.1 Å². The second kappa shape index (κ2) is 14.0. The number of benzene rings is 1. The molecule has 0 radical (unpaired) electrons. The minimum absolute atomic E-state index is 0.0882. The molecule has 0 aliphatic carbocycles. The number of piperidine rings is 1. The first-order chi connectivity index (χ1) is 19.7. The Bertz CT molecular complexity index is 1340. The first-order valence-corrected chi connectivity index (χ1v) is 14.3. The van der Waals surface area contributed by atoms with Crippen molar-refractivity contribution in [1.82, 2.24) is 9.97 Å². The van der Waals surface area contributed by atoms with Crippen LogP contribution in [-0.4, -0.2) is 58.6 Å². The Balaban J connectivity index is 0.000000892. The van der Waals surface area contributed by atoms with Gasteiger partial charge in [0.1, 0.15) is 5.75 Å². The van der Waals surface area contributed by atoms with Crippen molar-refractivity contribution in [3.05, 3.63) is 65.4 Å². The molecule has 1 aliphatic heterocycles. The molecule has 3 heterocycles. The van der Waals surface area contributed by atoms with Crippen molar-refractivity contribution in [2.75, 3.05) is 31.7 Å². The average Bonchev–Trinajstić information content (AvgIpc) is 2.89. The fourth-order valence-corrected chi connectivity index (χ4v) is 4.66. The number of methoxy groups -OCH3 is 1. The third kappa shape index (κ3) is 9.69. The van der Waals surface area contributed by atoms with Crippen LogP contribution in [0.3, 0.4) is 0 Å². The highest BCUT2D eigenvalue weighted by molar-refractivity contribution is 5.83. The van der Waals surface area contributed by atoms with Gasteiger partial charge in [-0.2, -0.15) is 0 Å². The second-order valence-electron chi connectivity index (χ2n) is 12.4. The summed E-state index contributed by atoms with van der Waals surface area (Å²) < 4.78 is 24.7. The van der Waals surface area contributed by atoms with E-state index in [1.165, 1.54) is 13.2 Å². The van der Waals surface area contributed by atoms with Gasteiger partial charge in [0.2, 0.25) is 0 Å². The molecule has 2 aromatic heterocycles. The van der Waals surface area contributed by atoms with Gasteiger partial charge in [0.05, 0.1) is 43.3 Å². The third-order valence-electron chi connectivity index (χ3n) is 7.01. The lowest BCUT2D eigenvalue weighted by Gasteiger charge is -2.40. The van der Waals surface area contributed by atoms with Crippen LogP contribution in [0.15, 0.2) is 42.7 Å². The van der Waals surface area contributed by atoms with Crippen LogP contribution in [0.1, 0.15) is 64.3 Å². The molecule has 2 N–H and O–H groups in total. The number of aliphatic hydroxyl groups is 1. The third-order valence-corrected chi connectivity index (χ3v) is 7.01. The number of carboxylic acids is 1. The van der Waals surface area contributed by atoms with Crippen LogP contribution >= 0.6 is 0 Å². The molecule has 0 atom stereocenters. The number of carbonyl (C=O) groups is 1. The van der Waals surface area contributed by atoms with Gasteiger partial charge in [-0.05, 0) is 75.8 Å². The fourth-order valence-electron chi connectivity index (χ4n) is 4.66. The fraction of sp³-hybridized carbons (Fsp3) is 0.485. The summed E-state index contributed by atoms with van der Waals surface area (Å²) in [6.45, 7) is 13.7. The van der Waals surface area contributed by atoms with E-state index in [0.717, 1.165) is 54.0 Å². The number of hydrogen-bond acceptors (Lipinski definition) is 7. The Morgan fingerprint density at radius 3 is 2.31 bits per heavy atom. The van der Waals surface area contributed by atoms with E-state index in [9.17, 15) is 14.3 Å². The van der Waals surface area contributed by atoms with Crippen LogP contribution < -0.4 is 14.4 Å². The van der Waals surface area contributed by atoms with Gasteiger partial charge in [-0.15, -0.1) is 0 Å². The lowest BCUT2D eigenvalue weighted by molar-refractivity contribution is -0.136. The maximum absolute atomic E-state index is 13.9. The number of aliphatic carboxylic acids is 1. The summed E-state index contributed by atoms with van der Waals surface area (Å²) in [7, 11) is 1.44. The molecular formula is C33H44FN3O5. The number of carboxylic acid groups (broad SMARTS) is 1. The Morgan fingerprint density at radius 2 is 1.76 bits per heavy atom. The van der Waals surface area contributed by atoms with Gasteiger partial charge in [-0.3, -0.25) is 14.8 Å². The Hall–Kier alpha value is -3.72. The average molecular weight is 582 g/mol. The zero-order valence-electron chi connectivity index (χ0n) is 25.8. The zero-order valence-corrected chi connectivity index (χ0v) is 25.8. The molecule has 4 rings (SSSR count). The molecule has 9 heteroatoms. The number of aromatic nitrogens is 2. The van der Waals surface area contributed by atoms with Crippen LogP contribution in [0, 0.1) is 18.2 Å². The van der Waals surface area contributed by atoms with E-state index in [1.54, 1.807) is 39.2 Å². The van der Waals surface area contributed by atoms with Gasteiger partial charge < -0.3 is 24.6 Å². The highest BCUT2D eigenvalue weighted by atomic mass is 19.1. The molecule has 3 aromatic rings. The monoisotopic (exact) mass is 581 g/mol. The maximum atomic E-state index is 13.9. The van der Waals surface area contributed by atoms with Crippen LogP contribution in [0.2, 0.25) is 0 Å². The number of aryl methyl sites for hydroxylation is 1. The van der Waals surface area contributed by atoms with E-state index in [0.29, 0.717) is 24.5 Å². The Kier molecular flexibility index (Phi) is 10.9. The van der Waals surface area contributed by atoms with E-state index >= 15 is 0 Å². The number of halogens is 1. The van der Waals surface area contributed by atoms with Crippen molar-refractivity contribution < 1.29 is 28.9 Å². The summed E-state index contributed by atoms with van der Waals surface area (Å²) in [4.78, 5) is 23.1. The first kappa shape index (κ1) is 32.8. The topological polar surface area (TPSA) is 105 Å². The van der Waals surface area contributed by atoms with Gasteiger partial charge in [0, 0.05) is 42.5 Å². The van der Waals surface area contributed by atoms with Crippen LogP contribution in [0.5, 0.6) is 11.5 Å². The number of rotatable bonds is 9. The Morgan fingerprint density at radius 1 is 1.10 bits per heavy atom. The summed E-state index contributed by atoms with van der Waals surface area (Å²) >= 11 is 0. The molecule has 0 unspecified atom stereocenters. The standard InChI is InChI=1S/C29H34FN3O4.C4H10O/c1-19-22(16-27(34)35)28(33-12-10-29(2,3)11-13-33)23(18-31-19)25-7-6-21(17-32-25)37-14-9-20-5-8-26(36-4)24(30)15-20;1-4(2,3)5/h5-8,15,17-18H,9-14,16H2,1-4H3,(H,34,35);5H,1-3H3. The summed E-state index contributed by atoms with van der Waals surface area (Å²) in [6, 6.07) is 8.59. The molecule has 0 bridgehead atoms. The van der Waals surface area contributed by atoms with E-state index in [-0.39, 0.29) is 17.6 Å². The number of pyridine rings is 2. The first-order valence-electron chi connectivity index (χ1n) is 14.3. The number of hydrogen-bond donors (Lipinski definition) is 2. The van der Waals surface area contributed by atoms with Gasteiger partial charge in [0.15, 0.2) is 11.6 Å². The maximum Gasteiger partial charge on any atom is 0.307 e. The van der Waals surface area contributed by atoms with Gasteiger partial charge in [-0.1, -0.05) is 19.9 Å². The van der Waals surface area contributed by atoms with Gasteiger partial charge >= 0.3 is 5.97 Å². The van der Waals surface area contributed by atoms with E-state index in [2.05, 4.69) is 28.7 Å². The lowest BCUT2D eigenvalue weighted by Crippen LogP contribution is -2.38. The van der Waals surface area contributed by atoms with Gasteiger partial charge in [-0.25, -0.2) is 4.39 Å². The molecule has 42 heavy (non-hydrogen) atoms. The molecule has 1 saturated heterocycles. The van der Waals surface area contributed by atoms with E-state index in [4.69, 9.17) is 14.6 Å². The molecule has 8 nitrogen and oxygen atoms in total. The largest absolute Gasteiger partial charge is 0.494 e. The number of ether oxygens (including phenoxy) is 2. The summed E-state index contributed by atoms with van der Waals surface area (Å²) in [6.07, 6.45) is 5.95. The molecule has 0 saturated carbocycles. The summed E-state index contributed by atoms with van der Waals surface area (Å²) in [5, 5.41) is 18.1. The SMILES string of the molecule is CC(C)(C)O.COc1ccc(CCOc2ccc(-c3cnc(C)c(CC(=O)O)c3N3CCC(C)(C)CC3)nc2)cc1F. The normalized spacial score (nSPS) is 14.5. The van der Waals surface area contributed by atoms with Crippen LogP contribution in [0.25, 0.3) is 11.3 Å². The summed E-state index contributed by atoms with van der Waals surface area (Å²) in [5.74, 6) is -0.457. The smallest absolute Gasteiger partial charge is 0.307 e. The van der Waals surface area contributed by atoms with E-state index in [1.807, 2.05) is 25.1 Å². The second-order valence-corrected chi connectivity index (χ2v) is 12.4. The molecule has 228 valence electrons. The van der Waals surface area contributed by atoms with Crippen molar-refractivity contribution in [3.8, 4) is 22.8 Å². The zero-order chi connectivity index (χ0) is 31.1. The highest BCUT2D eigenvalue weighted by Crippen LogP contribution is 2.39. The minimum atomic E-state index is -0.880. The molecule has 0 spiro atoms. The molecule has 1 aliphatic rings. The number of anilines is 1. The Labute approximate surface area is 248 Å². The molecule has 1 fully saturated rings. The lowest BCUT2D eigenvalue weighted by atomic mass is 9.82.